The SMILES string of the molecule is CCCCN(CC)CCC(=O)Nc1cccc(CN)c1. The van der Waals surface area contributed by atoms with E-state index in [4.69, 9.17) is 5.73 Å². The number of carbonyl (C=O) groups excluding carboxylic acids is 1. The molecule has 1 aromatic rings. The maximum Gasteiger partial charge on any atom is 0.225 e. The molecule has 4 heteroatoms. The number of nitrogens with two attached hydrogens (primary N) is 1. The number of carbonyl (C=O) groups is 1. The van der Waals surface area contributed by atoms with Gasteiger partial charge in [-0.3, -0.25) is 4.79 Å². The van der Waals surface area contributed by atoms with Crippen LogP contribution in [-0.2, 0) is 11.3 Å². The van der Waals surface area contributed by atoms with Crippen LogP contribution in [-0.4, -0.2) is 30.4 Å². The third kappa shape index (κ3) is 6.17. The summed E-state index contributed by atoms with van der Waals surface area (Å²) in [6, 6.07) is 7.69. The number of unbranched alkanes of at least 4 members (excludes halogenated alkanes) is 1. The molecule has 1 rings (SSSR count). The van der Waals surface area contributed by atoms with E-state index in [0.717, 1.165) is 30.9 Å². The summed E-state index contributed by atoms with van der Waals surface area (Å²) in [5, 5.41) is 2.93. The van der Waals surface area contributed by atoms with Gasteiger partial charge in [0.05, 0.1) is 0 Å². The van der Waals surface area contributed by atoms with Gasteiger partial charge >= 0.3 is 0 Å². The fourth-order valence-corrected chi connectivity index (χ4v) is 2.07. The summed E-state index contributed by atoms with van der Waals surface area (Å²) in [7, 11) is 0. The molecule has 0 unspecified atom stereocenters. The highest BCUT2D eigenvalue weighted by Crippen LogP contribution is 2.10. The monoisotopic (exact) mass is 277 g/mol. The molecule has 0 aliphatic heterocycles. The molecular formula is C16H27N3O. The van der Waals surface area contributed by atoms with Crippen molar-refractivity contribution in [2.24, 2.45) is 5.73 Å². The number of rotatable bonds is 9. The minimum absolute atomic E-state index is 0.0640. The normalized spacial score (nSPS) is 10.8. The van der Waals surface area contributed by atoms with Crippen LogP contribution in [0.3, 0.4) is 0 Å². The molecule has 20 heavy (non-hydrogen) atoms. The molecule has 1 aromatic carbocycles. The lowest BCUT2D eigenvalue weighted by Gasteiger charge is -2.19. The van der Waals surface area contributed by atoms with Gasteiger partial charge in [-0.1, -0.05) is 32.4 Å². The predicted molar refractivity (Wildman–Crippen MR) is 84.6 cm³/mol. The molecule has 0 aliphatic carbocycles. The third-order valence-corrected chi connectivity index (χ3v) is 3.38. The van der Waals surface area contributed by atoms with Crippen LogP contribution >= 0.6 is 0 Å². The summed E-state index contributed by atoms with van der Waals surface area (Å²) in [5.74, 6) is 0.0640. The van der Waals surface area contributed by atoms with Gasteiger partial charge in [0, 0.05) is 25.2 Å². The fourth-order valence-electron chi connectivity index (χ4n) is 2.07. The summed E-state index contributed by atoms with van der Waals surface area (Å²) in [5.41, 5.74) is 7.45. The van der Waals surface area contributed by atoms with Gasteiger partial charge in [0.2, 0.25) is 5.91 Å². The molecule has 3 N–H and O–H groups in total. The lowest BCUT2D eigenvalue weighted by Crippen LogP contribution is -2.28. The van der Waals surface area contributed by atoms with Crippen LogP contribution < -0.4 is 11.1 Å². The molecule has 0 spiro atoms. The van der Waals surface area contributed by atoms with E-state index in [9.17, 15) is 4.79 Å². The minimum atomic E-state index is 0.0640. The van der Waals surface area contributed by atoms with Gasteiger partial charge in [-0.2, -0.15) is 0 Å². The molecule has 0 bridgehead atoms. The van der Waals surface area contributed by atoms with Crippen LogP contribution in [0.2, 0.25) is 0 Å². The summed E-state index contributed by atoms with van der Waals surface area (Å²) < 4.78 is 0. The highest BCUT2D eigenvalue weighted by Gasteiger charge is 2.07. The Morgan fingerprint density at radius 2 is 2.10 bits per heavy atom. The zero-order chi connectivity index (χ0) is 14.8. The lowest BCUT2D eigenvalue weighted by molar-refractivity contribution is -0.116. The lowest BCUT2D eigenvalue weighted by atomic mass is 10.2. The number of nitrogens with one attached hydrogen (secondary N) is 1. The van der Waals surface area contributed by atoms with Gasteiger partial charge in [0.1, 0.15) is 0 Å². The van der Waals surface area contributed by atoms with Crippen molar-refractivity contribution < 1.29 is 4.79 Å². The van der Waals surface area contributed by atoms with Crippen molar-refractivity contribution in [3.63, 3.8) is 0 Å². The Balaban J connectivity index is 2.38. The summed E-state index contributed by atoms with van der Waals surface area (Å²) in [6.45, 7) is 7.70. The zero-order valence-corrected chi connectivity index (χ0v) is 12.7. The highest BCUT2D eigenvalue weighted by atomic mass is 16.1. The maximum absolute atomic E-state index is 11.9. The van der Waals surface area contributed by atoms with Crippen LogP contribution in [0.25, 0.3) is 0 Å². The molecule has 0 aliphatic rings. The van der Waals surface area contributed by atoms with Crippen molar-refractivity contribution in [2.45, 2.75) is 39.7 Å². The number of anilines is 1. The van der Waals surface area contributed by atoms with Gasteiger partial charge in [0.15, 0.2) is 0 Å². The van der Waals surface area contributed by atoms with Gasteiger partial charge in [0.25, 0.3) is 0 Å². The largest absolute Gasteiger partial charge is 0.326 e. The standard InChI is InChI=1S/C16H27N3O/c1-3-5-10-19(4-2)11-9-16(20)18-15-8-6-7-14(12-15)13-17/h6-8,12H,3-5,9-11,13,17H2,1-2H3,(H,18,20). The van der Waals surface area contributed by atoms with Crippen molar-refractivity contribution in [3.8, 4) is 0 Å². The first-order chi connectivity index (χ1) is 9.69. The van der Waals surface area contributed by atoms with Crippen molar-refractivity contribution >= 4 is 11.6 Å². The first-order valence-electron chi connectivity index (χ1n) is 7.50. The van der Waals surface area contributed by atoms with Crippen LogP contribution in [0.5, 0.6) is 0 Å². The number of benzene rings is 1. The smallest absolute Gasteiger partial charge is 0.225 e. The van der Waals surface area contributed by atoms with Gasteiger partial charge < -0.3 is 16.0 Å². The Kier molecular flexibility index (Phi) is 7.92. The molecule has 0 heterocycles. The Bertz CT molecular complexity index is 406. The summed E-state index contributed by atoms with van der Waals surface area (Å²) in [6.07, 6.45) is 2.91. The molecular weight excluding hydrogens is 250 g/mol. The molecule has 0 atom stereocenters. The molecule has 1 amide bonds. The number of hydrogen-bond acceptors (Lipinski definition) is 3. The van der Waals surface area contributed by atoms with Crippen molar-refractivity contribution in [3.05, 3.63) is 29.8 Å². The molecule has 112 valence electrons. The molecule has 0 radical (unpaired) electrons. The molecule has 0 saturated heterocycles. The first-order valence-corrected chi connectivity index (χ1v) is 7.50. The number of amides is 1. The van der Waals surface area contributed by atoms with E-state index in [1.165, 1.54) is 12.8 Å². The fraction of sp³-hybridized carbons (Fsp3) is 0.562. The average Bonchev–Trinajstić information content (AvgIpc) is 2.47. The van der Waals surface area contributed by atoms with E-state index in [0.29, 0.717) is 13.0 Å². The quantitative estimate of drug-likeness (QED) is 0.729. The first kappa shape index (κ1) is 16.7. The topological polar surface area (TPSA) is 58.4 Å². The van der Waals surface area contributed by atoms with Crippen molar-refractivity contribution in [1.29, 1.82) is 0 Å². The second-order valence-corrected chi connectivity index (χ2v) is 4.99. The Morgan fingerprint density at radius 1 is 1.30 bits per heavy atom. The summed E-state index contributed by atoms with van der Waals surface area (Å²) >= 11 is 0. The van der Waals surface area contributed by atoms with Crippen LogP contribution in [0.1, 0.15) is 38.7 Å². The van der Waals surface area contributed by atoms with Crippen molar-refractivity contribution in [2.75, 3.05) is 25.0 Å². The van der Waals surface area contributed by atoms with E-state index in [2.05, 4.69) is 24.1 Å². The van der Waals surface area contributed by atoms with Gasteiger partial charge in [-0.05, 0) is 37.2 Å². The van der Waals surface area contributed by atoms with E-state index >= 15 is 0 Å². The van der Waals surface area contributed by atoms with Gasteiger partial charge in [-0.15, -0.1) is 0 Å². The van der Waals surface area contributed by atoms with Crippen LogP contribution in [0.15, 0.2) is 24.3 Å². The van der Waals surface area contributed by atoms with Crippen LogP contribution in [0.4, 0.5) is 5.69 Å². The van der Waals surface area contributed by atoms with Gasteiger partial charge in [-0.25, -0.2) is 0 Å². The molecule has 4 nitrogen and oxygen atoms in total. The Morgan fingerprint density at radius 3 is 2.75 bits per heavy atom. The highest BCUT2D eigenvalue weighted by molar-refractivity contribution is 5.90. The predicted octanol–water partition coefficient (Wildman–Crippen LogP) is 2.60. The Labute approximate surface area is 122 Å². The van der Waals surface area contributed by atoms with E-state index in [1.54, 1.807) is 0 Å². The van der Waals surface area contributed by atoms with E-state index < -0.39 is 0 Å². The average molecular weight is 277 g/mol. The number of nitrogens with zero attached hydrogens (tertiary/aromatic N) is 1. The molecule has 0 fully saturated rings. The van der Waals surface area contributed by atoms with E-state index in [-0.39, 0.29) is 5.91 Å². The zero-order valence-electron chi connectivity index (χ0n) is 12.7. The maximum atomic E-state index is 11.9. The molecule has 0 aromatic heterocycles. The number of hydrogen-bond donors (Lipinski definition) is 2. The second-order valence-electron chi connectivity index (χ2n) is 4.99. The van der Waals surface area contributed by atoms with E-state index in [1.807, 2.05) is 24.3 Å². The third-order valence-electron chi connectivity index (χ3n) is 3.38. The van der Waals surface area contributed by atoms with Crippen molar-refractivity contribution in [1.82, 2.24) is 4.90 Å². The second kappa shape index (κ2) is 9.50. The Hall–Kier alpha value is -1.39. The van der Waals surface area contributed by atoms with Crippen LogP contribution in [0, 0.1) is 0 Å². The minimum Gasteiger partial charge on any atom is -0.326 e. The summed E-state index contributed by atoms with van der Waals surface area (Å²) in [4.78, 5) is 14.3. The molecule has 0 saturated carbocycles.